The lowest BCUT2D eigenvalue weighted by molar-refractivity contribution is 0.100. The van der Waals surface area contributed by atoms with Gasteiger partial charge in [-0.15, -0.1) is 35.3 Å². The van der Waals surface area contributed by atoms with Crippen LogP contribution in [0, 0.1) is 6.92 Å². The normalized spacial score (nSPS) is 10.8. The summed E-state index contributed by atoms with van der Waals surface area (Å²) in [5.74, 6) is 0.316. The van der Waals surface area contributed by atoms with Gasteiger partial charge in [0.15, 0.2) is 5.96 Å². The molecule has 130 valence electrons. The van der Waals surface area contributed by atoms with E-state index in [9.17, 15) is 4.79 Å². The lowest BCUT2D eigenvalue weighted by Gasteiger charge is -2.11. The molecule has 0 saturated heterocycles. The number of hydrogen-bond donors (Lipinski definition) is 3. The van der Waals surface area contributed by atoms with Gasteiger partial charge in [0.1, 0.15) is 0 Å². The van der Waals surface area contributed by atoms with Gasteiger partial charge in [0, 0.05) is 43.2 Å². The molecule has 0 aliphatic rings. The van der Waals surface area contributed by atoms with Crippen LogP contribution in [0.5, 0.6) is 0 Å². The first-order valence-corrected chi connectivity index (χ1v) is 8.14. The topological polar surface area (TPSA) is 92.4 Å². The average Bonchev–Trinajstić information content (AvgIpc) is 2.96. The largest absolute Gasteiger partial charge is 0.366 e. The van der Waals surface area contributed by atoms with Gasteiger partial charge in [0.05, 0.1) is 5.01 Å². The van der Waals surface area contributed by atoms with Crippen molar-refractivity contribution in [1.82, 2.24) is 15.6 Å². The molecule has 8 heteroatoms. The van der Waals surface area contributed by atoms with Crippen LogP contribution < -0.4 is 16.4 Å². The fourth-order valence-corrected chi connectivity index (χ4v) is 2.78. The van der Waals surface area contributed by atoms with E-state index in [1.165, 1.54) is 4.88 Å². The first-order chi connectivity index (χ1) is 11.1. The number of aliphatic imine (C=N–C) groups is 1. The standard InChI is InChI=1S/C16H21N5OS.HI/c1-11-9-20-14(23-11)7-8-19-16(18-2)21-10-12-3-5-13(6-4-12)15(17)22;/h3-6,9H,7-8,10H2,1-2H3,(H2,17,22)(H2,18,19,21);1H. The zero-order chi connectivity index (χ0) is 16.7. The van der Waals surface area contributed by atoms with Crippen molar-refractivity contribution in [3.63, 3.8) is 0 Å². The van der Waals surface area contributed by atoms with Gasteiger partial charge >= 0.3 is 0 Å². The van der Waals surface area contributed by atoms with Crippen LogP contribution in [-0.4, -0.2) is 30.4 Å². The molecule has 0 aliphatic carbocycles. The number of benzene rings is 1. The number of nitrogens with two attached hydrogens (primary N) is 1. The Kier molecular flexibility index (Phi) is 8.69. The number of aromatic nitrogens is 1. The van der Waals surface area contributed by atoms with Crippen molar-refractivity contribution in [2.45, 2.75) is 19.9 Å². The maximum Gasteiger partial charge on any atom is 0.248 e. The van der Waals surface area contributed by atoms with E-state index >= 15 is 0 Å². The van der Waals surface area contributed by atoms with Crippen molar-refractivity contribution in [2.75, 3.05) is 13.6 Å². The first-order valence-electron chi connectivity index (χ1n) is 7.33. The van der Waals surface area contributed by atoms with E-state index in [0.717, 1.165) is 29.5 Å². The summed E-state index contributed by atoms with van der Waals surface area (Å²) < 4.78 is 0. The maximum absolute atomic E-state index is 11.0. The lowest BCUT2D eigenvalue weighted by Crippen LogP contribution is -2.37. The lowest BCUT2D eigenvalue weighted by atomic mass is 10.1. The quantitative estimate of drug-likeness (QED) is 0.351. The summed E-state index contributed by atoms with van der Waals surface area (Å²) in [6.45, 7) is 3.45. The number of guanidine groups is 1. The Balaban J connectivity index is 0.00000288. The van der Waals surface area contributed by atoms with E-state index in [1.54, 1.807) is 30.5 Å². The van der Waals surface area contributed by atoms with Gasteiger partial charge in [0.2, 0.25) is 5.91 Å². The van der Waals surface area contributed by atoms with Crippen LogP contribution >= 0.6 is 35.3 Å². The smallest absolute Gasteiger partial charge is 0.248 e. The van der Waals surface area contributed by atoms with Crippen LogP contribution in [0.25, 0.3) is 0 Å². The molecule has 24 heavy (non-hydrogen) atoms. The van der Waals surface area contributed by atoms with Crippen LogP contribution in [0.3, 0.4) is 0 Å². The van der Waals surface area contributed by atoms with E-state index < -0.39 is 5.91 Å². The summed E-state index contributed by atoms with van der Waals surface area (Å²) in [4.78, 5) is 20.8. The second kappa shape index (κ2) is 10.2. The molecular formula is C16H22IN5OS. The Morgan fingerprint density at radius 2 is 2.00 bits per heavy atom. The first kappa shape index (κ1) is 20.4. The van der Waals surface area contributed by atoms with Gasteiger partial charge < -0.3 is 16.4 Å². The van der Waals surface area contributed by atoms with Gasteiger partial charge in [-0.05, 0) is 24.6 Å². The Labute approximate surface area is 163 Å². The minimum atomic E-state index is -0.417. The Morgan fingerprint density at radius 3 is 2.54 bits per heavy atom. The highest BCUT2D eigenvalue weighted by Crippen LogP contribution is 2.10. The molecule has 0 aliphatic heterocycles. The van der Waals surface area contributed by atoms with Crippen molar-refractivity contribution in [1.29, 1.82) is 0 Å². The maximum atomic E-state index is 11.0. The third-order valence-electron chi connectivity index (χ3n) is 3.22. The number of aryl methyl sites for hydroxylation is 1. The number of carbonyl (C=O) groups excluding carboxylic acids is 1. The SMILES string of the molecule is CN=C(NCCc1ncc(C)s1)NCc1ccc(C(N)=O)cc1.I. The van der Waals surface area contributed by atoms with Crippen LogP contribution in [0.15, 0.2) is 35.5 Å². The third-order valence-corrected chi connectivity index (χ3v) is 4.20. The van der Waals surface area contributed by atoms with E-state index in [2.05, 4.69) is 27.5 Å². The van der Waals surface area contributed by atoms with Crippen LogP contribution in [0.1, 0.15) is 25.8 Å². The summed E-state index contributed by atoms with van der Waals surface area (Å²) in [5.41, 5.74) is 6.78. The number of amides is 1. The van der Waals surface area contributed by atoms with Crippen LogP contribution in [-0.2, 0) is 13.0 Å². The molecule has 0 unspecified atom stereocenters. The predicted molar refractivity (Wildman–Crippen MR) is 109 cm³/mol. The molecule has 0 spiro atoms. The molecule has 2 rings (SSSR count). The Morgan fingerprint density at radius 1 is 1.29 bits per heavy atom. The minimum Gasteiger partial charge on any atom is -0.366 e. The van der Waals surface area contributed by atoms with E-state index in [1.807, 2.05) is 18.3 Å². The van der Waals surface area contributed by atoms with Gasteiger partial charge in [-0.25, -0.2) is 4.98 Å². The molecule has 1 aromatic heterocycles. The summed E-state index contributed by atoms with van der Waals surface area (Å²) in [6.07, 6.45) is 2.76. The summed E-state index contributed by atoms with van der Waals surface area (Å²) in [5, 5.41) is 7.61. The molecule has 1 amide bonds. The molecule has 2 aromatic rings. The number of nitrogens with one attached hydrogen (secondary N) is 2. The highest BCUT2D eigenvalue weighted by Gasteiger charge is 2.02. The third kappa shape index (κ3) is 6.44. The number of nitrogens with zero attached hydrogens (tertiary/aromatic N) is 2. The Hall–Kier alpha value is -1.68. The molecule has 0 fully saturated rings. The molecule has 0 radical (unpaired) electrons. The zero-order valence-corrected chi connectivity index (χ0v) is 16.9. The van der Waals surface area contributed by atoms with Gasteiger partial charge in [-0.1, -0.05) is 12.1 Å². The molecule has 4 N–H and O–H groups in total. The van der Waals surface area contributed by atoms with E-state index in [4.69, 9.17) is 5.73 Å². The Bertz CT molecular complexity index is 684. The van der Waals surface area contributed by atoms with Crippen LogP contribution in [0.2, 0.25) is 0 Å². The van der Waals surface area contributed by atoms with E-state index in [-0.39, 0.29) is 24.0 Å². The fourth-order valence-electron chi connectivity index (χ4n) is 2.00. The van der Waals surface area contributed by atoms with E-state index in [0.29, 0.717) is 12.1 Å². The number of rotatable bonds is 6. The minimum absolute atomic E-state index is 0. The molecule has 1 aromatic carbocycles. The molecule has 0 bridgehead atoms. The van der Waals surface area contributed by atoms with Crippen molar-refractivity contribution < 1.29 is 4.79 Å². The molecule has 0 saturated carbocycles. The van der Waals surface area contributed by atoms with Crippen molar-refractivity contribution in [2.24, 2.45) is 10.7 Å². The van der Waals surface area contributed by atoms with Crippen molar-refractivity contribution in [3.8, 4) is 0 Å². The summed E-state index contributed by atoms with van der Waals surface area (Å²) in [7, 11) is 1.74. The van der Waals surface area contributed by atoms with Gasteiger partial charge in [-0.2, -0.15) is 0 Å². The predicted octanol–water partition coefficient (Wildman–Crippen LogP) is 2.08. The van der Waals surface area contributed by atoms with Crippen molar-refractivity contribution >= 4 is 47.2 Å². The zero-order valence-electron chi connectivity index (χ0n) is 13.7. The fraction of sp³-hybridized carbons (Fsp3) is 0.312. The van der Waals surface area contributed by atoms with Crippen LogP contribution in [0.4, 0.5) is 0 Å². The number of halogens is 1. The number of primary amides is 1. The molecule has 6 nitrogen and oxygen atoms in total. The monoisotopic (exact) mass is 459 g/mol. The average molecular weight is 459 g/mol. The molecule has 0 atom stereocenters. The summed E-state index contributed by atoms with van der Waals surface area (Å²) >= 11 is 1.71. The number of hydrogen-bond acceptors (Lipinski definition) is 4. The number of carbonyl (C=O) groups is 1. The molecular weight excluding hydrogens is 437 g/mol. The highest BCUT2D eigenvalue weighted by molar-refractivity contribution is 14.0. The van der Waals surface area contributed by atoms with Gasteiger partial charge in [-0.3, -0.25) is 9.79 Å². The highest BCUT2D eigenvalue weighted by atomic mass is 127. The van der Waals surface area contributed by atoms with Gasteiger partial charge in [0.25, 0.3) is 0 Å². The second-order valence-corrected chi connectivity index (χ2v) is 6.35. The second-order valence-electron chi connectivity index (χ2n) is 5.03. The molecule has 1 heterocycles. The van der Waals surface area contributed by atoms with Crippen molar-refractivity contribution in [3.05, 3.63) is 51.5 Å². The number of thiazole rings is 1. The summed E-state index contributed by atoms with van der Waals surface area (Å²) in [6, 6.07) is 7.19.